The first-order chi connectivity index (χ1) is 7.19. The number of ether oxygens (including phenoxy) is 1. The lowest BCUT2D eigenvalue weighted by atomic mass is 9.94. The maximum atomic E-state index is 5.78. The van der Waals surface area contributed by atoms with E-state index < -0.39 is 0 Å². The lowest BCUT2D eigenvalue weighted by Crippen LogP contribution is -2.38. The van der Waals surface area contributed by atoms with Gasteiger partial charge in [-0.15, -0.1) is 11.8 Å². The Morgan fingerprint density at radius 1 is 1.40 bits per heavy atom. The zero-order valence-corrected chi connectivity index (χ0v) is 10.0. The summed E-state index contributed by atoms with van der Waals surface area (Å²) in [5, 5.41) is 0.677. The number of hydrogen-bond donors (Lipinski definition) is 1. The Bertz CT molecular complexity index is 347. The summed E-state index contributed by atoms with van der Waals surface area (Å²) in [6, 6.07) is 6.72. The van der Waals surface area contributed by atoms with Gasteiger partial charge in [0.1, 0.15) is 5.75 Å². The van der Waals surface area contributed by atoms with E-state index in [-0.39, 0.29) is 0 Å². The van der Waals surface area contributed by atoms with E-state index >= 15 is 0 Å². The van der Waals surface area contributed by atoms with Crippen LogP contribution in [0.2, 0.25) is 0 Å². The molecule has 2 N–H and O–H groups in total. The van der Waals surface area contributed by atoms with E-state index in [9.17, 15) is 0 Å². The van der Waals surface area contributed by atoms with Crippen molar-refractivity contribution in [3.05, 3.63) is 23.8 Å². The molecule has 2 nitrogen and oxygen atoms in total. The van der Waals surface area contributed by atoms with Gasteiger partial charge in [0.25, 0.3) is 0 Å². The Balaban J connectivity index is 2.08. The van der Waals surface area contributed by atoms with Crippen LogP contribution in [0.25, 0.3) is 0 Å². The largest absolute Gasteiger partial charge is 0.496 e. The fourth-order valence-electron chi connectivity index (χ4n) is 1.76. The normalized spacial score (nSPS) is 24.7. The SMILES string of the molecule is COc1ccc(C)cc1SC1CC(N)C1. The third-order valence-electron chi connectivity index (χ3n) is 2.74. The number of thioether (sulfide) groups is 1. The van der Waals surface area contributed by atoms with Gasteiger partial charge >= 0.3 is 0 Å². The molecule has 2 rings (SSSR count). The number of hydrogen-bond acceptors (Lipinski definition) is 3. The first-order valence-electron chi connectivity index (χ1n) is 5.26. The lowest BCUT2D eigenvalue weighted by molar-refractivity contribution is 0.402. The van der Waals surface area contributed by atoms with E-state index in [4.69, 9.17) is 10.5 Å². The van der Waals surface area contributed by atoms with Crippen molar-refractivity contribution in [2.24, 2.45) is 5.73 Å². The lowest BCUT2D eigenvalue weighted by Gasteiger charge is -2.32. The van der Waals surface area contributed by atoms with Crippen LogP contribution in [0.1, 0.15) is 18.4 Å². The monoisotopic (exact) mass is 223 g/mol. The number of methoxy groups -OCH3 is 1. The average molecular weight is 223 g/mol. The van der Waals surface area contributed by atoms with Gasteiger partial charge in [-0.25, -0.2) is 0 Å². The van der Waals surface area contributed by atoms with Crippen molar-refractivity contribution in [1.82, 2.24) is 0 Å². The number of benzene rings is 1. The molecule has 0 unspecified atom stereocenters. The van der Waals surface area contributed by atoms with E-state index in [1.54, 1.807) is 7.11 Å². The molecule has 0 bridgehead atoms. The van der Waals surface area contributed by atoms with Crippen LogP contribution >= 0.6 is 11.8 Å². The van der Waals surface area contributed by atoms with Gasteiger partial charge in [-0.05, 0) is 37.5 Å². The van der Waals surface area contributed by atoms with Gasteiger partial charge in [0, 0.05) is 16.2 Å². The number of nitrogens with two attached hydrogens (primary N) is 1. The molecule has 1 fully saturated rings. The maximum Gasteiger partial charge on any atom is 0.132 e. The van der Waals surface area contributed by atoms with Crippen LogP contribution in [0.3, 0.4) is 0 Å². The third kappa shape index (κ3) is 2.47. The fraction of sp³-hybridized carbons (Fsp3) is 0.500. The molecule has 1 aliphatic carbocycles. The minimum atomic E-state index is 0.415. The van der Waals surface area contributed by atoms with Gasteiger partial charge in [0.15, 0.2) is 0 Å². The van der Waals surface area contributed by atoms with E-state index in [2.05, 4.69) is 19.1 Å². The standard InChI is InChI=1S/C12H17NOS/c1-8-3-4-11(14-2)12(5-8)15-10-6-9(13)7-10/h3-5,9-10H,6-7,13H2,1-2H3. The van der Waals surface area contributed by atoms with Crippen LogP contribution < -0.4 is 10.5 Å². The van der Waals surface area contributed by atoms with Crippen molar-refractivity contribution in [2.75, 3.05) is 7.11 Å². The highest BCUT2D eigenvalue weighted by Gasteiger charge is 2.27. The Labute approximate surface area is 95.2 Å². The molecule has 0 saturated heterocycles. The maximum absolute atomic E-state index is 5.78. The molecule has 0 amide bonds. The first-order valence-corrected chi connectivity index (χ1v) is 6.14. The summed E-state index contributed by atoms with van der Waals surface area (Å²) in [6.07, 6.45) is 2.25. The Hall–Kier alpha value is -0.670. The van der Waals surface area contributed by atoms with Crippen LogP contribution in [-0.4, -0.2) is 18.4 Å². The molecule has 1 saturated carbocycles. The topological polar surface area (TPSA) is 35.2 Å². The quantitative estimate of drug-likeness (QED) is 0.855. The summed E-state index contributed by atoms with van der Waals surface area (Å²) < 4.78 is 5.34. The second-order valence-corrected chi connectivity index (χ2v) is 5.47. The van der Waals surface area contributed by atoms with Crippen LogP contribution in [0.5, 0.6) is 5.75 Å². The van der Waals surface area contributed by atoms with Crippen molar-refractivity contribution in [1.29, 1.82) is 0 Å². The highest BCUT2D eigenvalue weighted by molar-refractivity contribution is 8.00. The molecule has 0 atom stereocenters. The summed E-state index contributed by atoms with van der Waals surface area (Å²) in [4.78, 5) is 1.24. The van der Waals surface area contributed by atoms with Crippen molar-refractivity contribution in [3.8, 4) is 5.75 Å². The summed E-state index contributed by atoms with van der Waals surface area (Å²) >= 11 is 1.89. The molecule has 0 aromatic heterocycles. The average Bonchev–Trinajstić information content (AvgIpc) is 2.16. The van der Waals surface area contributed by atoms with Crippen molar-refractivity contribution in [3.63, 3.8) is 0 Å². The number of rotatable bonds is 3. The smallest absolute Gasteiger partial charge is 0.132 e. The second kappa shape index (κ2) is 4.45. The molecule has 1 aromatic rings. The minimum Gasteiger partial charge on any atom is -0.496 e. The van der Waals surface area contributed by atoms with E-state index in [1.807, 2.05) is 17.8 Å². The highest BCUT2D eigenvalue weighted by Crippen LogP contribution is 2.40. The molecule has 15 heavy (non-hydrogen) atoms. The van der Waals surface area contributed by atoms with Crippen LogP contribution in [0.15, 0.2) is 23.1 Å². The number of aryl methyl sites for hydroxylation is 1. The molecular weight excluding hydrogens is 206 g/mol. The Morgan fingerprint density at radius 3 is 2.73 bits per heavy atom. The van der Waals surface area contributed by atoms with Gasteiger partial charge in [0.2, 0.25) is 0 Å². The fourth-order valence-corrected chi connectivity index (χ4v) is 3.33. The molecule has 1 aromatic carbocycles. The van der Waals surface area contributed by atoms with Gasteiger partial charge in [-0.3, -0.25) is 0 Å². The predicted octanol–water partition coefficient (Wildman–Crippen LogP) is 2.59. The summed E-state index contributed by atoms with van der Waals surface area (Å²) in [7, 11) is 1.72. The molecular formula is C12H17NOS. The molecule has 0 radical (unpaired) electrons. The molecule has 3 heteroatoms. The molecule has 0 spiro atoms. The highest BCUT2D eigenvalue weighted by atomic mass is 32.2. The summed E-state index contributed by atoms with van der Waals surface area (Å²) in [6.45, 7) is 2.11. The van der Waals surface area contributed by atoms with Crippen LogP contribution in [0, 0.1) is 6.92 Å². The van der Waals surface area contributed by atoms with E-state index in [0.717, 1.165) is 18.6 Å². The van der Waals surface area contributed by atoms with Gasteiger partial charge in [0.05, 0.1) is 7.11 Å². The Kier molecular flexibility index (Phi) is 3.22. The zero-order chi connectivity index (χ0) is 10.8. The van der Waals surface area contributed by atoms with Gasteiger partial charge in [-0.1, -0.05) is 6.07 Å². The van der Waals surface area contributed by atoms with E-state index in [1.165, 1.54) is 10.5 Å². The van der Waals surface area contributed by atoms with Crippen molar-refractivity contribution < 1.29 is 4.74 Å². The predicted molar refractivity (Wildman–Crippen MR) is 64.6 cm³/mol. The summed E-state index contributed by atoms with van der Waals surface area (Å²) in [5.74, 6) is 0.978. The molecule has 0 aliphatic heterocycles. The zero-order valence-electron chi connectivity index (χ0n) is 9.19. The van der Waals surface area contributed by atoms with Gasteiger partial charge in [-0.2, -0.15) is 0 Å². The van der Waals surface area contributed by atoms with Crippen LogP contribution in [0.4, 0.5) is 0 Å². The van der Waals surface area contributed by atoms with E-state index in [0.29, 0.717) is 11.3 Å². The van der Waals surface area contributed by atoms with Crippen LogP contribution in [-0.2, 0) is 0 Å². The van der Waals surface area contributed by atoms with Crippen molar-refractivity contribution in [2.45, 2.75) is 36.0 Å². The van der Waals surface area contributed by atoms with Crippen molar-refractivity contribution >= 4 is 11.8 Å². The molecule has 82 valence electrons. The third-order valence-corrected chi connectivity index (χ3v) is 4.04. The second-order valence-electron chi connectivity index (χ2n) is 4.13. The van der Waals surface area contributed by atoms with Gasteiger partial charge < -0.3 is 10.5 Å². The molecule has 1 aliphatic rings. The molecule has 0 heterocycles. The summed E-state index contributed by atoms with van der Waals surface area (Å²) in [5.41, 5.74) is 7.06. The Morgan fingerprint density at radius 2 is 2.13 bits per heavy atom. The minimum absolute atomic E-state index is 0.415. The first kappa shape index (κ1) is 10.8.